The summed E-state index contributed by atoms with van der Waals surface area (Å²) in [6.07, 6.45) is 1.16. The van der Waals surface area contributed by atoms with Gasteiger partial charge in [-0.25, -0.2) is 4.68 Å². The van der Waals surface area contributed by atoms with E-state index in [-0.39, 0.29) is 5.91 Å². The zero-order chi connectivity index (χ0) is 24.4. The second-order valence-corrected chi connectivity index (χ2v) is 9.46. The number of nitrogens with zero attached hydrogens (tertiary/aromatic N) is 4. The van der Waals surface area contributed by atoms with Crippen molar-refractivity contribution in [3.05, 3.63) is 95.6 Å². The second kappa shape index (κ2) is 9.94. The lowest BCUT2D eigenvalue weighted by Crippen LogP contribution is -2.31. The minimum atomic E-state index is -0.253. The molecule has 4 aromatic rings. The first-order valence-electron chi connectivity index (χ1n) is 11.7. The molecule has 0 bridgehead atoms. The number of hydrogen-bond acceptors (Lipinski definition) is 4. The SMILES string of the molecule is CN(C)C1CCN(c2ccc(NC(=O)c3cc(-c4ccccc4)n(-c4ccc(Cl)cc4)n3)cc2)C1. The molecule has 7 heteroatoms. The number of aromatic nitrogens is 2. The predicted molar refractivity (Wildman–Crippen MR) is 143 cm³/mol. The number of rotatable bonds is 6. The first-order chi connectivity index (χ1) is 17.0. The molecule has 1 saturated heterocycles. The Morgan fingerprint density at radius 3 is 2.31 bits per heavy atom. The van der Waals surface area contributed by atoms with Gasteiger partial charge in [0.05, 0.1) is 11.4 Å². The fraction of sp³-hybridized carbons (Fsp3) is 0.214. The van der Waals surface area contributed by atoms with Crippen molar-refractivity contribution in [1.29, 1.82) is 0 Å². The van der Waals surface area contributed by atoms with Gasteiger partial charge in [0.25, 0.3) is 5.91 Å². The molecule has 1 aliphatic heterocycles. The Labute approximate surface area is 210 Å². The van der Waals surface area contributed by atoms with Crippen LogP contribution in [0.3, 0.4) is 0 Å². The summed E-state index contributed by atoms with van der Waals surface area (Å²) in [6.45, 7) is 2.06. The highest BCUT2D eigenvalue weighted by Gasteiger charge is 2.24. The first-order valence-corrected chi connectivity index (χ1v) is 12.1. The summed E-state index contributed by atoms with van der Waals surface area (Å²) >= 11 is 6.08. The normalized spacial score (nSPS) is 15.5. The number of carbonyl (C=O) groups excluding carboxylic acids is 1. The Balaban J connectivity index is 1.36. The van der Waals surface area contributed by atoms with Crippen molar-refractivity contribution in [2.24, 2.45) is 0 Å². The van der Waals surface area contributed by atoms with Crippen LogP contribution in [0.1, 0.15) is 16.9 Å². The molecule has 0 spiro atoms. The van der Waals surface area contributed by atoms with Crippen LogP contribution in [-0.2, 0) is 0 Å². The Morgan fingerprint density at radius 1 is 0.971 bits per heavy atom. The fourth-order valence-electron chi connectivity index (χ4n) is 4.43. The summed E-state index contributed by atoms with van der Waals surface area (Å²) in [5.74, 6) is -0.253. The molecular formula is C28H28ClN5O. The van der Waals surface area contributed by atoms with Crippen LogP contribution in [0.25, 0.3) is 16.9 Å². The maximum absolute atomic E-state index is 13.1. The quantitative estimate of drug-likeness (QED) is 0.387. The molecular weight excluding hydrogens is 458 g/mol. The number of benzene rings is 3. The monoisotopic (exact) mass is 485 g/mol. The van der Waals surface area contributed by atoms with Crippen LogP contribution in [0, 0.1) is 0 Å². The Bertz CT molecular complexity index is 1300. The highest BCUT2D eigenvalue weighted by molar-refractivity contribution is 6.30. The van der Waals surface area contributed by atoms with E-state index in [2.05, 4.69) is 46.4 Å². The van der Waals surface area contributed by atoms with Crippen LogP contribution in [0.2, 0.25) is 5.02 Å². The van der Waals surface area contributed by atoms with E-state index in [0.717, 1.165) is 42.1 Å². The zero-order valence-corrected chi connectivity index (χ0v) is 20.6. The highest BCUT2D eigenvalue weighted by atomic mass is 35.5. The molecule has 0 radical (unpaired) electrons. The first kappa shape index (κ1) is 23.1. The molecule has 5 rings (SSSR count). The summed E-state index contributed by atoms with van der Waals surface area (Å²) in [4.78, 5) is 17.8. The van der Waals surface area contributed by atoms with Crippen LogP contribution in [0.4, 0.5) is 11.4 Å². The summed E-state index contributed by atoms with van der Waals surface area (Å²) in [6, 6.07) is 27.7. The highest BCUT2D eigenvalue weighted by Crippen LogP contribution is 2.27. The molecule has 2 heterocycles. The van der Waals surface area contributed by atoms with Crippen molar-refractivity contribution in [3.63, 3.8) is 0 Å². The van der Waals surface area contributed by atoms with Crippen LogP contribution in [-0.4, -0.2) is 53.8 Å². The molecule has 0 aliphatic carbocycles. The molecule has 178 valence electrons. The summed E-state index contributed by atoms with van der Waals surface area (Å²) in [5.41, 5.74) is 4.89. The van der Waals surface area contributed by atoms with E-state index in [0.29, 0.717) is 16.8 Å². The van der Waals surface area contributed by atoms with Gasteiger partial charge in [0.1, 0.15) is 0 Å². The number of likely N-dealkylation sites (N-methyl/N-ethyl adjacent to an activating group) is 1. The lowest BCUT2D eigenvalue weighted by molar-refractivity contribution is 0.102. The maximum Gasteiger partial charge on any atom is 0.276 e. The molecule has 1 aliphatic rings. The van der Waals surface area contributed by atoms with E-state index < -0.39 is 0 Å². The second-order valence-electron chi connectivity index (χ2n) is 9.02. The van der Waals surface area contributed by atoms with Crippen molar-refractivity contribution in [2.75, 3.05) is 37.4 Å². The van der Waals surface area contributed by atoms with Gasteiger partial charge in [-0.15, -0.1) is 0 Å². The molecule has 1 aromatic heterocycles. The molecule has 35 heavy (non-hydrogen) atoms. The van der Waals surface area contributed by atoms with Gasteiger partial charge in [-0.1, -0.05) is 41.9 Å². The van der Waals surface area contributed by atoms with E-state index in [1.165, 1.54) is 5.69 Å². The van der Waals surface area contributed by atoms with Gasteiger partial charge in [0.2, 0.25) is 0 Å². The average Bonchev–Trinajstić information content (AvgIpc) is 3.54. The molecule has 1 atom stereocenters. The predicted octanol–water partition coefficient (Wildman–Crippen LogP) is 5.59. The standard InChI is InChI=1S/C28H28ClN5O/c1-32(2)25-16-17-33(19-25)23-14-10-22(11-15-23)30-28(35)26-18-27(20-6-4-3-5-7-20)34(31-26)24-12-8-21(29)9-13-24/h3-15,18,25H,16-17,19H2,1-2H3,(H,30,35). The van der Waals surface area contributed by atoms with Crippen molar-refractivity contribution in [1.82, 2.24) is 14.7 Å². The molecule has 1 N–H and O–H groups in total. The van der Waals surface area contributed by atoms with E-state index in [9.17, 15) is 4.79 Å². The minimum absolute atomic E-state index is 0.253. The Kier molecular flexibility index (Phi) is 6.57. The van der Waals surface area contributed by atoms with Crippen LogP contribution in [0.15, 0.2) is 84.9 Å². The van der Waals surface area contributed by atoms with Gasteiger partial charge in [-0.3, -0.25) is 4.79 Å². The van der Waals surface area contributed by atoms with E-state index in [1.807, 2.05) is 72.8 Å². The largest absolute Gasteiger partial charge is 0.370 e. The number of halogens is 1. The molecule has 0 saturated carbocycles. The van der Waals surface area contributed by atoms with Crippen molar-refractivity contribution in [2.45, 2.75) is 12.5 Å². The molecule has 3 aromatic carbocycles. The summed E-state index contributed by atoms with van der Waals surface area (Å²) < 4.78 is 1.78. The van der Waals surface area contributed by atoms with Crippen LogP contribution in [0.5, 0.6) is 0 Å². The number of anilines is 2. The number of hydrogen-bond donors (Lipinski definition) is 1. The van der Waals surface area contributed by atoms with E-state index in [4.69, 9.17) is 11.6 Å². The average molecular weight is 486 g/mol. The number of amides is 1. The van der Waals surface area contributed by atoms with Gasteiger partial charge in [0, 0.05) is 41.1 Å². The topological polar surface area (TPSA) is 53.4 Å². The number of carbonyl (C=O) groups is 1. The smallest absolute Gasteiger partial charge is 0.276 e. The van der Waals surface area contributed by atoms with Gasteiger partial charge in [-0.05, 0) is 75.1 Å². The minimum Gasteiger partial charge on any atom is -0.370 e. The summed E-state index contributed by atoms with van der Waals surface area (Å²) in [7, 11) is 4.26. The molecule has 1 amide bonds. The Morgan fingerprint density at radius 2 is 1.66 bits per heavy atom. The van der Waals surface area contributed by atoms with Gasteiger partial charge >= 0.3 is 0 Å². The van der Waals surface area contributed by atoms with E-state index >= 15 is 0 Å². The molecule has 1 fully saturated rings. The fourth-order valence-corrected chi connectivity index (χ4v) is 4.56. The van der Waals surface area contributed by atoms with Crippen LogP contribution >= 0.6 is 11.6 Å². The third-order valence-electron chi connectivity index (χ3n) is 6.47. The van der Waals surface area contributed by atoms with Gasteiger partial charge in [0.15, 0.2) is 5.69 Å². The Hall–Kier alpha value is -3.61. The molecule has 1 unspecified atom stereocenters. The lowest BCUT2D eigenvalue weighted by Gasteiger charge is -2.22. The maximum atomic E-state index is 13.1. The lowest BCUT2D eigenvalue weighted by atomic mass is 10.1. The van der Waals surface area contributed by atoms with Gasteiger partial charge in [-0.2, -0.15) is 5.10 Å². The van der Waals surface area contributed by atoms with Gasteiger partial charge < -0.3 is 15.1 Å². The summed E-state index contributed by atoms with van der Waals surface area (Å²) in [5, 5.41) is 8.28. The third kappa shape index (κ3) is 5.09. The molecule has 6 nitrogen and oxygen atoms in total. The van der Waals surface area contributed by atoms with Crippen molar-refractivity contribution < 1.29 is 4.79 Å². The van der Waals surface area contributed by atoms with Crippen molar-refractivity contribution >= 4 is 28.9 Å². The zero-order valence-electron chi connectivity index (χ0n) is 19.9. The van der Waals surface area contributed by atoms with E-state index in [1.54, 1.807) is 4.68 Å². The van der Waals surface area contributed by atoms with Crippen LogP contribution < -0.4 is 10.2 Å². The third-order valence-corrected chi connectivity index (χ3v) is 6.72. The van der Waals surface area contributed by atoms with Crippen molar-refractivity contribution in [3.8, 4) is 16.9 Å². The number of nitrogens with one attached hydrogen (secondary N) is 1.